The van der Waals surface area contributed by atoms with Gasteiger partial charge in [0.2, 0.25) is 0 Å². The molecule has 0 fully saturated rings. The first kappa shape index (κ1) is 12.3. The van der Waals surface area contributed by atoms with E-state index < -0.39 is 5.97 Å². The standard InChI is InChI=1S/C13H16O3/c1-10(2)16-12-7-3-5-11(9-12)6-4-8-13(14)15/h3-7,9-10H,8H2,1-2H3,(H,14,15)/b6-4+. The van der Waals surface area contributed by atoms with Gasteiger partial charge in [0.25, 0.3) is 0 Å². The minimum Gasteiger partial charge on any atom is -0.491 e. The summed E-state index contributed by atoms with van der Waals surface area (Å²) in [6.07, 6.45) is 3.58. The van der Waals surface area contributed by atoms with Crippen molar-refractivity contribution < 1.29 is 14.6 Å². The van der Waals surface area contributed by atoms with Crippen LogP contribution in [0, 0.1) is 0 Å². The highest BCUT2D eigenvalue weighted by Gasteiger charge is 1.97. The average molecular weight is 220 g/mol. The molecule has 0 unspecified atom stereocenters. The van der Waals surface area contributed by atoms with E-state index in [1.807, 2.05) is 38.1 Å². The van der Waals surface area contributed by atoms with Gasteiger partial charge in [-0.15, -0.1) is 0 Å². The van der Waals surface area contributed by atoms with E-state index in [1.54, 1.807) is 12.2 Å². The predicted octanol–water partition coefficient (Wildman–Crippen LogP) is 2.96. The molecule has 0 atom stereocenters. The lowest BCUT2D eigenvalue weighted by Crippen LogP contribution is -2.05. The van der Waals surface area contributed by atoms with Crippen molar-refractivity contribution in [3.63, 3.8) is 0 Å². The summed E-state index contributed by atoms with van der Waals surface area (Å²) in [7, 11) is 0. The lowest BCUT2D eigenvalue weighted by atomic mass is 10.2. The number of hydrogen-bond acceptors (Lipinski definition) is 2. The lowest BCUT2D eigenvalue weighted by Gasteiger charge is -2.09. The molecule has 0 saturated carbocycles. The summed E-state index contributed by atoms with van der Waals surface area (Å²) in [6.45, 7) is 3.93. The lowest BCUT2D eigenvalue weighted by molar-refractivity contribution is -0.135. The highest BCUT2D eigenvalue weighted by atomic mass is 16.5. The van der Waals surface area contributed by atoms with Crippen molar-refractivity contribution in [3.8, 4) is 5.75 Å². The van der Waals surface area contributed by atoms with Crippen LogP contribution in [0.4, 0.5) is 0 Å². The fraction of sp³-hybridized carbons (Fsp3) is 0.308. The van der Waals surface area contributed by atoms with Gasteiger partial charge in [0.15, 0.2) is 0 Å². The van der Waals surface area contributed by atoms with Crippen LogP contribution in [0.25, 0.3) is 6.08 Å². The van der Waals surface area contributed by atoms with E-state index in [9.17, 15) is 4.79 Å². The molecule has 86 valence electrons. The molecule has 3 heteroatoms. The Bertz CT molecular complexity index is 381. The molecule has 1 N–H and O–H groups in total. The van der Waals surface area contributed by atoms with Crippen LogP contribution in [-0.2, 0) is 4.79 Å². The number of aliphatic carboxylic acids is 1. The number of ether oxygens (including phenoxy) is 1. The van der Waals surface area contributed by atoms with E-state index in [1.165, 1.54) is 0 Å². The maximum Gasteiger partial charge on any atom is 0.307 e. The molecule has 0 aromatic heterocycles. The van der Waals surface area contributed by atoms with Gasteiger partial charge in [0.05, 0.1) is 12.5 Å². The average Bonchev–Trinajstić information content (AvgIpc) is 2.16. The smallest absolute Gasteiger partial charge is 0.307 e. The zero-order valence-electron chi connectivity index (χ0n) is 9.51. The van der Waals surface area contributed by atoms with E-state index in [0.717, 1.165) is 11.3 Å². The van der Waals surface area contributed by atoms with Gasteiger partial charge in [-0.3, -0.25) is 4.79 Å². The first-order valence-electron chi connectivity index (χ1n) is 5.23. The summed E-state index contributed by atoms with van der Waals surface area (Å²) in [6, 6.07) is 7.57. The van der Waals surface area contributed by atoms with Crippen LogP contribution in [0.15, 0.2) is 30.3 Å². The Labute approximate surface area is 95.4 Å². The van der Waals surface area contributed by atoms with Crippen molar-refractivity contribution in [1.82, 2.24) is 0 Å². The molecule has 1 rings (SSSR count). The van der Waals surface area contributed by atoms with Crippen LogP contribution in [-0.4, -0.2) is 17.2 Å². The Morgan fingerprint density at radius 1 is 1.50 bits per heavy atom. The largest absolute Gasteiger partial charge is 0.491 e. The van der Waals surface area contributed by atoms with Gasteiger partial charge in [-0.2, -0.15) is 0 Å². The summed E-state index contributed by atoms with van der Waals surface area (Å²) in [5.74, 6) is -0.0293. The number of rotatable bonds is 5. The zero-order chi connectivity index (χ0) is 12.0. The molecular weight excluding hydrogens is 204 g/mol. The van der Waals surface area contributed by atoms with Crippen LogP contribution < -0.4 is 4.74 Å². The highest BCUT2D eigenvalue weighted by molar-refractivity contribution is 5.70. The fourth-order valence-electron chi connectivity index (χ4n) is 1.26. The first-order chi connectivity index (χ1) is 7.58. The summed E-state index contributed by atoms with van der Waals surface area (Å²) in [5, 5.41) is 8.49. The first-order valence-corrected chi connectivity index (χ1v) is 5.23. The molecule has 0 saturated heterocycles. The van der Waals surface area contributed by atoms with Crippen molar-refractivity contribution in [2.45, 2.75) is 26.4 Å². The van der Waals surface area contributed by atoms with Crippen LogP contribution in [0.5, 0.6) is 5.75 Å². The number of hydrogen-bond donors (Lipinski definition) is 1. The number of carboxylic acids is 1. The maximum atomic E-state index is 10.3. The van der Waals surface area contributed by atoms with Crippen LogP contribution >= 0.6 is 0 Å². The Balaban J connectivity index is 2.67. The molecular formula is C13H16O3. The van der Waals surface area contributed by atoms with E-state index in [4.69, 9.17) is 9.84 Å². The van der Waals surface area contributed by atoms with Gasteiger partial charge in [-0.05, 0) is 31.5 Å². The number of benzene rings is 1. The number of carbonyl (C=O) groups is 1. The monoisotopic (exact) mass is 220 g/mol. The van der Waals surface area contributed by atoms with Crippen LogP contribution in [0.1, 0.15) is 25.8 Å². The summed E-state index contributed by atoms with van der Waals surface area (Å²) < 4.78 is 5.53. The summed E-state index contributed by atoms with van der Waals surface area (Å²) >= 11 is 0. The van der Waals surface area contributed by atoms with Crippen molar-refractivity contribution in [2.75, 3.05) is 0 Å². The Morgan fingerprint density at radius 2 is 2.25 bits per heavy atom. The van der Waals surface area contributed by atoms with E-state index in [0.29, 0.717) is 0 Å². The zero-order valence-corrected chi connectivity index (χ0v) is 9.51. The molecule has 0 heterocycles. The van der Waals surface area contributed by atoms with Gasteiger partial charge in [0, 0.05) is 0 Å². The molecule has 0 aliphatic carbocycles. The molecule has 1 aromatic carbocycles. The normalized spacial score (nSPS) is 10.9. The van der Waals surface area contributed by atoms with Crippen molar-refractivity contribution >= 4 is 12.0 Å². The Kier molecular flexibility index (Phi) is 4.58. The highest BCUT2D eigenvalue weighted by Crippen LogP contribution is 2.15. The number of carboxylic acid groups (broad SMARTS) is 1. The van der Waals surface area contributed by atoms with Crippen molar-refractivity contribution in [3.05, 3.63) is 35.9 Å². The second kappa shape index (κ2) is 5.95. The van der Waals surface area contributed by atoms with Gasteiger partial charge in [0.1, 0.15) is 5.75 Å². The minimum absolute atomic E-state index is 0.0370. The fourth-order valence-corrected chi connectivity index (χ4v) is 1.26. The molecule has 0 radical (unpaired) electrons. The molecule has 0 aliphatic rings. The third-order valence-corrected chi connectivity index (χ3v) is 1.83. The second-order valence-corrected chi connectivity index (χ2v) is 3.74. The molecule has 0 spiro atoms. The van der Waals surface area contributed by atoms with E-state index >= 15 is 0 Å². The molecule has 16 heavy (non-hydrogen) atoms. The SMILES string of the molecule is CC(C)Oc1cccc(/C=C/CC(=O)O)c1. The van der Waals surface area contributed by atoms with Crippen molar-refractivity contribution in [2.24, 2.45) is 0 Å². The Hall–Kier alpha value is -1.77. The Morgan fingerprint density at radius 3 is 2.88 bits per heavy atom. The third-order valence-electron chi connectivity index (χ3n) is 1.83. The van der Waals surface area contributed by atoms with E-state index in [-0.39, 0.29) is 12.5 Å². The van der Waals surface area contributed by atoms with Gasteiger partial charge in [-0.1, -0.05) is 24.3 Å². The summed E-state index contributed by atoms with van der Waals surface area (Å²) in [4.78, 5) is 10.3. The quantitative estimate of drug-likeness (QED) is 0.829. The molecule has 0 bridgehead atoms. The van der Waals surface area contributed by atoms with E-state index in [2.05, 4.69) is 0 Å². The second-order valence-electron chi connectivity index (χ2n) is 3.74. The van der Waals surface area contributed by atoms with Crippen LogP contribution in [0.2, 0.25) is 0 Å². The molecule has 0 aliphatic heterocycles. The predicted molar refractivity (Wildman–Crippen MR) is 63.5 cm³/mol. The van der Waals surface area contributed by atoms with Crippen molar-refractivity contribution in [1.29, 1.82) is 0 Å². The third kappa shape index (κ3) is 4.64. The van der Waals surface area contributed by atoms with Crippen LogP contribution in [0.3, 0.4) is 0 Å². The maximum absolute atomic E-state index is 10.3. The topological polar surface area (TPSA) is 46.5 Å². The van der Waals surface area contributed by atoms with Gasteiger partial charge in [-0.25, -0.2) is 0 Å². The molecule has 1 aromatic rings. The summed E-state index contributed by atoms with van der Waals surface area (Å²) in [5.41, 5.74) is 0.944. The van der Waals surface area contributed by atoms with Gasteiger partial charge < -0.3 is 9.84 Å². The molecule has 0 amide bonds. The minimum atomic E-state index is -0.828. The van der Waals surface area contributed by atoms with Gasteiger partial charge >= 0.3 is 5.97 Å². The molecule has 3 nitrogen and oxygen atoms in total.